The van der Waals surface area contributed by atoms with Crippen LogP contribution in [0.25, 0.3) is 0 Å². The highest BCUT2D eigenvalue weighted by molar-refractivity contribution is 9.10. The van der Waals surface area contributed by atoms with Gasteiger partial charge in [-0.25, -0.2) is 0 Å². The lowest BCUT2D eigenvalue weighted by atomic mass is 10.0. The Morgan fingerprint density at radius 1 is 0.700 bits per heavy atom. The summed E-state index contributed by atoms with van der Waals surface area (Å²) in [4.78, 5) is 24.6. The Hall–Kier alpha value is -1.66. The zero-order valence-electron chi connectivity index (χ0n) is 17.4. The molecule has 0 fully saturated rings. The van der Waals surface area contributed by atoms with Crippen LogP contribution in [-0.2, 0) is 0 Å². The third-order valence-corrected chi connectivity index (χ3v) is 6.38. The number of carbonyl (C=O) groups is 2. The van der Waals surface area contributed by atoms with E-state index in [1.54, 1.807) is 24.3 Å². The molecule has 0 radical (unpaired) electrons. The lowest BCUT2D eigenvalue weighted by Gasteiger charge is -2.12. The lowest BCUT2D eigenvalue weighted by molar-refractivity contribution is 0.0975. The molecule has 2 rings (SSSR count). The molecule has 0 spiro atoms. The van der Waals surface area contributed by atoms with Gasteiger partial charge in [0.05, 0.1) is 22.9 Å². The molecule has 2 aromatic carbocycles. The van der Waals surface area contributed by atoms with E-state index in [2.05, 4.69) is 31.9 Å². The Morgan fingerprint density at radius 2 is 1.03 bits per heavy atom. The largest absolute Gasteiger partial charge is 0.494 e. The Kier molecular flexibility index (Phi) is 10.6. The van der Waals surface area contributed by atoms with Crippen LogP contribution in [0.1, 0.15) is 60.2 Å². The maximum atomic E-state index is 12.5. The molecular weight excluding hydrogens is 512 g/mol. The van der Waals surface area contributed by atoms with Gasteiger partial charge in [0, 0.05) is 11.1 Å². The number of Topliss-reactive ketones (excluding diaryl/α,β-unsaturated/α-hetero) is 2. The maximum absolute atomic E-state index is 12.5. The van der Waals surface area contributed by atoms with E-state index < -0.39 is 0 Å². The first-order valence-electron chi connectivity index (χ1n) is 10.3. The van der Waals surface area contributed by atoms with Crippen LogP contribution in [0.2, 0.25) is 0 Å². The van der Waals surface area contributed by atoms with Crippen LogP contribution in [0.4, 0.5) is 0 Å². The number of benzene rings is 2. The molecule has 0 N–H and O–H groups in total. The van der Waals surface area contributed by atoms with Crippen LogP contribution in [0.15, 0.2) is 48.5 Å². The number of unbranched alkanes of at least 4 members (excludes halogenated alkanes) is 1. The van der Waals surface area contributed by atoms with E-state index in [1.807, 2.05) is 38.1 Å². The van der Waals surface area contributed by atoms with Gasteiger partial charge in [0.15, 0.2) is 11.6 Å². The average molecular weight is 540 g/mol. The SMILES string of the molecule is CCOc1ccc(C(=O)[C@@H](Br)CCCC[C@H](Br)C(=O)c2ccc(OCC)cc2)cc1. The van der Waals surface area contributed by atoms with E-state index >= 15 is 0 Å². The van der Waals surface area contributed by atoms with Crippen molar-refractivity contribution in [1.29, 1.82) is 0 Å². The van der Waals surface area contributed by atoms with Crippen molar-refractivity contribution in [2.45, 2.75) is 49.2 Å². The number of ether oxygens (including phenoxy) is 2. The van der Waals surface area contributed by atoms with E-state index in [1.165, 1.54) is 0 Å². The number of hydrogen-bond donors (Lipinski definition) is 0. The van der Waals surface area contributed by atoms with Crippen LogP contribution in [-0.4, -0.2) is 34.4 Å². The average Bonchev–Trinajstić information content (AvgIpc) is 2.77. The number of rotatable bonds is 13. The second-order valence-corrected chi connectivity index (χ2v) is 9.07. The lowest BCUT2D eigenvalue weighted by Crippen LogP contribution is -2.16. The van der Waals surface area contributed by atoms with Crippen molar-refractivity contribution in [3.63, 3.8) is 0 Å². The summed E-state index contributed by atoms with van der Waals surface area (Å²) in [5.41, 5.74) is 1.34. The van der Waals surface area contributed by atoms with Crippen LogP contribution in [0, 0.1) is 0 Å². The molecule has 0 bridgehead atoms. The molecular formula is C24H28Br2O4. The molecule has 0 saturated carbocycles. The molecule has 0 aliphatic carbocycles. The first kappa shape index (κ1) is 24.6. The summed E-state index contributed by atoms with van der Waals surface area (Å²) < 4.78 is 10.8. The molecule has 2 atom stereocenters. The molecule has 6 heteroatoms. The van der Waals surface area contributed by atoms with Crippen molar-refractivity contribution in [3.8, 4) is 11.5 Å². The van der Waals surface area contributed by atoms with Crippen molar-refractivity contribution >= 4 is 43.4 Å². The third-order valence-electron chi connectivity index (χ3n) is 4.63. The van der Waals surface area contributed by atoms with Gasteiger partial charge in [0.25, 0.3) is 0 Å². The minimum Gasteiger partial charge on any atom is -0.494 e. The van der Waals surface area contributed by atoms with Crippen molar-refractivity contribution in [3.05, 3.63) is 59.7 Å². The maximum Gasteiger partial charge on any atom is 0.176 e. The minimum atomic E-state index is -0.231. The highest BCUT2D eigenvalue weighted by Gasteiger charge is 2.19. The normalized spacial score (nSPS) is 12.8. The number of halogens is 2. The molecule has 2 aromatic rings. The van der Waals surface area contributed by atoms with E-state index in [0.717, 1.165) is 37.2 Å². The molecule has 0 amide bonds. The van der Waals surface area contributed by atoms with Crippen LogP contribution in [0.3, 0.4) is 0 Å². The highest BCUT2D eigenvalue weighted by Crippen LogP contribution is 2.22. The quantitative estimate of drug-likeness (QED) is 0.163. The molecule has 0 saturated heterocycles. The molecule has 162 valence electrons. The molecule has 0 heterocycles. The standard InChI is InChI=1S/C24H28Br2O4/c1-3-29-19-13-9-17(10-14-19)23(27)21(25)7-5-6-8-22(26)24(28)18-11-15-20(16-12-18)30-4-2/h9-16,21-22H,3-8H2,1-2H3/t21-,22-/m0/s1. The van der Waals surface area contributed by atoms with Gasteiger partial charge in [-0.3, -0.25) is 9.59 Å². The fraction of sp³-hybridized carbons (Fsp3) is 0.417. The summed E-state index contributed by atoms with van der Waals surface area (Å²) in [5, 5.41) is 0. The van der Waals surface area contributed by atoms with Gasteiger partial charge >= 0.3 is 0 Å². The highest BCUT2D eigenvalue weighted by atomic mass is 79.9. The summed E-state index contributed by atoms with van der Waals surface area (Å²) in [7, 11) is 0. The van der Waals surface area contributed by atoms with E-state index in [0.29, 0.717) is 24.3 Å². The summed E-state index contributed by atoms with van der Waals surface area (Å²) in [6.07, 6.45) is 3.17. The van der Waals surface area contributed by atoms with Gasteiger partial charge in [-0.05, 0) is 75.2 Å². The molecule has 4 nitrogen and oxygen atoms in total. The van der Waals surface area contributed by atoms with Gasteiger partial charge in [-0.15, -0.1) is 0 Å². The van der Waals surface area contributed by atoms with E-state index in [9.17, 15) is 9.59 Å². The summed E-state index contributed by atoms with van der Waals surface area (Å²) in [6, 6.07) is 14.5. The van der Waals surface area contributed by atoms with Crippen LogP contribution in [0.5, 0.6) is 11.5 Å². The van der Waals surface area contributed by atoms with Crippen LogP contribution >= 0.6 is 31.9 Å². The number of alkyl halides is 2. The van der Waals surface area contributed by atoms with Crippen molar-refractivity contribution < 1.29 is 19.1 Å². The number of hydrogen-bond acceptors (Lipinski definition) is 4. The second kappa shape index (κ2) is 12.9. The van der Waals surface area contributed by atoms with Gasteiger partial charge < -0.3 is 9.47 Å². The minimum absolute atomic E-state index is 0.0684. The topological polar surface area (TPSA) is 52.6 Å². The first-order valence-corrected chi connectivity index (χ1v) is 12.1. The van der Waals surface area contributed by atoms with Crippen molar-refractivity contribution in [2.75, 3.05) is 13.2 Å². The number of ketones is 2. The van der Waals surface area contributed by atoms with E-state index in [4.69, 9.17) is 9.47 Å². The fourth-order valence-corrected chi connectivity index (χ4v) is 4.21. The van der Waals surface area contributed by atoms with Crippen molar-refractivity contribution in [2.24, 2.45) is 0 Å². The van der Waals surface area contributed by atoms with Crippen molar-refractivity contribution in [1.82, 2.24) is 0 Å². The van der Waals surface area contributed by atoms with Gasteiger partial charge in [0.1, 0.15) is 11.5 Å². The third kappa shape index (κ3) is 7.55. The first-order chi connectivity index (χ1) is 14.5. The Labute approximate surface area is 195 Å². The summed E-state index contributed by atoms with van der Waals surface area (Å²) >= 11 is 7.02. The zero-order chi connectivity index (χ0) is 21.9. The Morgan fingerprint density at radius 3 is 1.33 bits per heavy atom. The smallest absolute Gasteiger partial charge is 0.176 e. The second-order valence-electron chi connectivity index (χ2n) is 6.86. The Balaban J connectivity index is 1.74. The van der Waals surface area contributed by atoms with E-state index in [-0.39, 0.29) is 21.2 Å². The number of carbonyl (C=O) groups excluding carboxylic acids is 2. The Bertz CT molecular complexity index is 733. The molecule has 30 heavy (non-hydrogen) atoms. The summed E-state index contributed by atoms with van der Waals surface area (Å²) in [5.74, 6) is 1.67. The predicted octanol–water partition coefficient (Wildman–Crippen LogP) is 6.64. The zero-order valence-corrected chi connectivity index (χ0v) is 20.6. The fourth-order valence-electron chi connectivity index (χ4n) is 3.04. The monoisotopic (exact) mass is 538 g/mol. The molecule has 0 aliphatic heterocycles. The molecule has 0 aliphatic rings. The molecule has 0 unspecified atom stereocenters. The van der Waals surface area contributed by atoms with Crippen LogP contribution < -0.4 is 9.47 Å². The van der Waals surface area contributed by atoms with Gasteiger partial charge in [0.2, 0.25) is 0 Å². The van der Waals surface area contributed by atoms with Gasteiger partial charge in [-0.1, -0.05) is 44.7 Å². The predicted molar refractivity (Wildman–Crippen MR) is 128 cm³/mol. The molecule has 0 aromatic heterocycles. The van der Waals surface area contributed by atoms with Gasteiger partial charge in [-0.2, -0.15) is 0 Å². The summed E-state index contributed by atoms with van der Waals surface area (Å²) in [6.45, 7) is 5.06.